The van der Waals surface area contributed by atoms with Crippen molar-refractivity contribution in [3.05, 3.63) is 65.4 Å². The van der Waals surface area contributed by atoms with Crippen LogP contribution in [0.5, 0.6) is 0 Å². The van der Waals surface area contributed by atoms with Crippen molar-refractivity contribution in [3.8, 4) is 5.82 Å². The molecule has 1 aromatic carbocycles. The summed E-state index contributed by atoms with van der Waals surface area (Å²) in [6.45, 7) is 12.7. The highest BCUT2D eigenvalue weighted by Gasteiger charge is 2.34. The topological polar surface area (TPSA) is 62.1 Å². The number of hydrogen-bond acceptors (Lipinski definition) is 6. The van der Waals surface area contributed by atoms with Crippen LogP contribution in [0.3, 0.4) is 0 Å². The van der Waals surface area contributed by atoms with Crippen LogP contribution in [-0.4, -0.2) is 57.6 Å². The monoisotopic (exact) mass is 513 g/mol. The van der Waals surface area contributed by atoms with Gasteiger partial charge in [0.25, 0.3) is 0 Å². The maximum atomic E-state index is 15.7. The molecule has 0 bridgehead atoms. The van der Waals surface area contributed by atoms with E-state index in [2.05, 4.69) is 73.0 Å². The summed E-state index contributed by atoms with van der Waals surface area (Å²) >= 11 is 0. The predicted molar refractivity (Wildman–Crippen MR) is 151 cm³/mol. The van der Waals surface area contributed by atoms with Crippen LogP contribution >= 0.6 is 0 Å². The molecule has 198 valence electrons. The van der Waals surface area contributed by atoms with Crippen molar-refractivity contribution in [3.63, 3.8) is 0 Å². The van der Waals surface area contributed by atoms with Crippen LogP contribution in [0.25, 0.3) is 16.9 Å². The van der Waals surface area contributed by atoms with E-state index in [9.17, 15) is 0 Å². The molecule has 0 unspecified atom stereocenters. The summed E-state index contributed by atoms with van der Waals surface area (Å²) in [5, 5.41) is 3.79. The van der Waals surface area contributed by atoms with E-state index in [0.29, 0.717) is 28.5 Å². The lowest BCUT2D eigenvalue weighted by Gasteiger charge is -2.35. The maximum absolute atomic E-state index is 15.7. The lowest BCUT2D eigenvalue weighted by atomic mass is 9.92. The van der Waals surface area contributed by atoms with Crippen LogP contribution in [0.15, 0.2) is 42.6 Å². The molecular weight excluding hydrogens is 477 g/mol. The number of halogens is 1. The molecule has 38 heavy (non-hydrogen) atoms. The van der Waals surface area contributed by atoms with E-state index in [4.69, 9.17) is 9.97 Å². The van der Waals surface area contributed by atoms with Gasteiger partial charge in [0.2, 0.25) is 5.95 Å². The Kier molecular flexibility index (Phi) is 6.10. The molecule has 0 spiro atoms. The van der Waals surface area contributed by atoms with Crippen molar-refractivity contribution in [1.82, 2.24) is 24.4 Å². The van der Waals surface area contributed by atoms with Gasteiger partial charge in [-0.2, -0.15) is 4.98 Å². The minimum atomic E-state index is -0.232. The summed E-state index contributed by atoms with van der Waals surface area (Å²) < 4.78 is 17.6. The van der Waals surface area contributed by atoms with Crippen molar-refractivity contribution in [2.45, 2.75) is 51.9 Å². The number of benzene rings is 1. The smallest absolute Gasteiger partial charge is 0.229 e. The predicted octanol–water partition coefficient (Wildman–Crippen LogP) is 5.93. The van der Waals surface area contributed by atoms with Gasteiger partial charge in [-0.3, -0.25) is 4.57 Å². The molecule has 3 aromatic heterocycles. The normalized spacial score (nSPS) is 16.8. The molecule has 1 aliphatic heterocycles. The lowest BCUT2D eigenvalue weighted by Crippen LogP contribution is -2.44. The Balaban J connectivity index is 1.36. The fraction of sp³-hybridized carbons (Fsp3) is 0.433. The van der Waals surface area contributed by atoms with Gasteiger partial charge in [0.1, 0.15) is 5.82 Å². The molecule has 2 aliphatic rings. The van der Waals surface area contributed by atoms with Crippen LogP contribution in [0.2, 0.25) is 0 Å². The van der Waals surface area contributed by atoms with Crippen LogP contribution < -0.4 is 10.2 Å². The van der Waals surface area contributed by atoms with E-state index in [1.165, 1.54) is 11.3 Å². The Morgan fingerprint density at radius 3 is 2.45 bits per heavy atom. The van der Waals surface area contributed by atoms with Gasteiger partial charge in [0.05, 0.1) is 11.1 Å². The summed E-state index contributed by atoms with van der Waals surface area (Å²) in [6, 6.07) is 12.3. The molecule has 7 nitrogen and oxygen atoms in total. The van der Waals surface area contributed by atoms with Crippen molar-refractivity contribution in [1.29, 1.82) is 0 Å². The minimum Gasteiger partial charge on any atom is -0.369 e. The number of pyridine rings is 1. The number of anilines is 3. The van der Waals surface area contributed by atoms with Gasteiger partial charge in [-0.05, 0) is 62.7 Å². The first-order chi connectivity index (χ1) is 18.2. The molecule has 1 aliphatic carbocycles. The number of piperazine rings is 1. The Hall–Kier alpha value is -3.52. The second kappa shape index (κ2) is 9.34. The average molecular weight is 514 g/mol. The van der Waals surface area contributed by atoms with Crippen molar-refractivity contribution < 1.29 is 4.39 Å². The number of nitrogens with zero attached hydrogens (tertiary/aromatic N) is 6. The number of likely N-dealkylation sites (N-methyl/N-ethyl adjacent to an activating group) is 1. The zero-order chi connectivity index (χ0) is 26.6. The van der Waals surface area contributed by atoms with Gasteiger partial charge in [0.15, 0.2) is 11.5 Å². The molecule has 4 aromatic rings. The van der Waals surface area contributed by atoms with Crippen LogP contribution in [0, 0.1) is 12.7 Å². The Morgan fingerprint density at radius 2 is 1.76 bits per heavy atom. The zero-order valence-electron chi connectivity index (χ0n) is 22.9. The van der Waals surface area contributed by atoms with Gasteiger partial charge >= 0.3 is 0 Å². The largest absolute Gasteiger partial charge is 0.369 e. The van der Waals surface area contributed by atoms with Gasteiger partial charge < -0.3 is 15.1 Å². The maximum Gasteiger partial charge on any atom is 0.229 e. The highest BCUT2D eigenvalue weighted by Crippen LogP contribution is 2.45. The van der Waals surface area contributed by atoms with Crippen LogP contribution in [-0.2, 0) is 5.41 Å². The molecule has 1 saturated carbocycles. The first-order valence-corrected chi connectivity index (χ1v) is 13.5. The van der Waals surface area contributed by atoms with Crippen LogP contribution in [0.1, 0.15) is 56.5 Å². The molecular formula is C30H36FN7. The van der Waals surface area contributed by atoms with E-state index in [-0.39, 0.29) is 17.2 Å². The number of rotatable bonds is 5. The minimum absolute atomic E-state index is 0.118. The Labute approximate surface area is 223 Å². The van der Waals surface area contributed by atoms with Gasteiger partial charge in [0, 0.05) is 60.8 Å². The second-order valence-corrected chi connectivity index (χ2v) is 11.8. The van der Waals surface area contributed by atoms with Gasteiger partial charge in [-0.25, -0.2) is 14.4 Å². The van der Waals surface area contributed by atoms with E-state index in [1.54, 1.807) is 6.20 Å². The number of hydrogen-bond donors (Lipinski definition) is 1. The quantitative estimate of drug-likeness (QED) is 0.357. The van der Waals surface area contributed by atoms with Crippen LogP contribution in [0.4, 0.5) is 21.7 Å². The average Bonchev–Trinajstić information content (AvgIpc) is 3.68. The third-order valence-electron chi connectivity index (χ3n) is 7.68. The molecule has 6 rings (SSSR count). The third kappa shape index (κ3) is 4.62. The standard InChI is InChI=1S/C30H36FN7/c1-19-17-21(11-12-23(19)37-15-13-36(5)14-16-37)33-29-32-18-22-26(31)27(20-9-10-20)38(28(22)35-29)25-8-6-7-24(34-25)30(2,3)4/h6-8,11-12,17-18,20H,9-10,13-16H2,1-5H3,(H,32,33,35). The van der Waals surface area contributed by atoms with Gasteiger partial charge in [-0.1, -0.05) is 26.8 Å². The summed E-state index contributed by atoms with van der Waals surface area (Å²) in [6.07, 6.45) is 3.55. The molecule has 0 atom stereocenters. The van der Waals surface area contributed by atoms with E-state index >= 15 is 4.39 Å². The van der Waals surface area contributed by atoms with Crippen molar-refractivity contribution >= 4 is 28.4 Å². The van der Waals surface area contributed by atoms with E-state index < -0.39 is 0 Å². The molecule has 8 heteroatoms. The molecule has 4 heterocycles. The first kappa shape index (κ1) is 24.8. The Bertz CT molecular complexity index is 1490. The summed E-state index contributed by atoms with van der Waals surface area (Å²) in [5.74, 6) is 1.09. The van der Waals surface area contributed by atoms with Crippen molar-refractivity contribution in [2.24, 2.45) is 0 Å². The summed E-state index contributed by atoms with van der Waals surface area (Å²) in [7, 11) is 2.17. The molecule has 0 radical (unpaired) electrons. The lowest BCUT2D eigenvalue weighted by molar-refractivity contribution is 0.312. The SMILES string of the molecule is Cc1cc(Nc2ncc3c(F)c(C4CC4)n(-c4cccc(C(C)(C)C)n4)c3n2)ccc1N1CCN(C)CC1. The van der Waals surface area contributed by atoms with E-state index in [1.807, 2.05) is 22.8 Å². The number of nitrogens with one attached hydrogen (secondary N) is 1. The number of aromatic nitrogens is 4. The zero-order valence-corrected chi connectivity index (χ0v) is 22.9. The molecule has 1 N–H and O–H groups in total. The molecule has 2 fully saturated rings. The fourth-order valence-electron chi connectivity index (χ4n) is 5.29. The fourth-order valence-corrected chi connectivity index (χ4v) is 5.29. The molecule has 1 saturated heterocycles. The number of aryl methyl sites for hydroxylation is 1. The highest BCUT2D eigenvalue weighted by molar-refractivity contribution is 5.81. The summed E-state index contributed by atoms with van der Waals surface area (Å²) in [5.41, 5.74) is 5.43. The van der Waals surface area contributed by atoms with Gasteiger partial charge in [-0.15, -0.1) is 0 Å². The third-order valence-corrected chi connectivity index (χ3v) is 7.68. The Morgan fingerprint density at radius 1 is 1.00 bits per heavy atom. The molecule has 0 amide bonds. The first-order valence-electron chi connectivity index (χ1n) is 13.5. The van der Waals surface area contributed by atoms with Crippen molar-refractivity contribution in [2.75, 3.05) is 43.4 Å². The second-order valence-electron chi connectivity index (χ2n) is 11.8. The van der Waals surface area contributed by atoms with E-state index in [0.717, 1.165) is 50.4 Å². The summed E-state index contributed by atoms with van der Waals surface area (Å²) in [4.78, 5) is 19.1. The number of fused-ring (bicyclic) bond motifs is 1. The highest BCUT2D eigenvalue weighted by atomic mass is 19.1.